The second-order valence-corrected chi connectivity index (χ2v) is 6.35. The van der Waals surface area contributed by atoms with Gasteiger partial charge in [0.2, 0.25) is 0 Å². The molecule has 1 aromatic heterocycles. The van der Waals surface area contributed by atoms with Crippen molar-refractivity contribution < 1.29 is 19.2 Å². The standard InChI is InChI=1S/C17H18FN5O4/c18-10-1-6-13(15(7-10)23(26)27)14-8-16(20-9-19-14)21-11-2-4-12(5-3-11)22-17(24)25/h1,6-9,11-12,22H,2-5H2,(H,24,25)(H,19,20,21)/t11-,12-. The van der Waals surface area contributed by atoms with Crippen molar-refractivity contribution in [2.24, 2.45) is 0 Å². The summed E-state index contributed by atoms with van der Waals surface area (Å²) in [6, 6.07) is 4.98. The first kappa shape index (κ1) is 18.5. The first-order valence-electron chi connectivity index (χ1n) is 8.44. The predicted octanol–water partition coefficient (Wildman–Crippen LogP) is 3.18. The monoisotopic (exact) mass is 375 g/mol. The van der Waals surface area contributed by atoms with Crippen molar-refractivity contribution >= 4 is 17.6 Å². The number of carboxylic acid groups (broad SMARTS) is 1. The van der Waals surface area contributed by atoms with Crippen LogP contribution in [-0.4, -0.2) is 38.2 Å². The van der Waals surface area contributed by atoms with Crippen LogP contribution in [0.2, 0.25) is 0 Å². The molecule has 10 heteroatoms. The van der Waals surface area contributed by atoms with E-state index in [1.807, 2.05) is 0 Å². The number of aromatic nitrogens is 2. The second kappa shape index (κ2) is 7.94. The van der Waals surface area contributed by atoms with E-state index in [0.29, 0.717) is 24.4 Å². The molecular weight excluding hydrogens is 357 g/mol. The van der Waals surface area contributed by atoms with Gasteiger partial charge in [0.25, 0.3) is 5.69 Å². The number of hydrogen-bond donors (Lipinski definition) is 3. The number of nitro groups is 1. The van der Waals surface area contributed by atoms with Gasteiger partial charge in [0, 0.05) is 18.2 Å². The maximum absolute atomic E-state index is 13.3. The van der Waals surface area contributed by atoms with Gasteiger partial charge in [0.15, 0.2) is 0 Å². The lowest BCUT2D eigenvalue weighted by atomic mass is 9.91. The summed E-state index contributed by atoms with van der Waals surface area (Å²) >= 11 is 0. The van der Waals surface area contributed by atoms with Crippen LogP contribution >= 0.6 is 0 Å². The van der Waals surface area contributed by atoms with E-state index in [-0.39, 0.29) is 23.3 Å². The van der Waals surface area contributed by atoms with Crippen LogP contribution in [0.1, 0.15) is 25.7 Å². The first-order valence-corrected chi connectivity index (χ1v) is 8.44. The summed E-state index contributed by atoms with van der Waals surface area (Å²) < 4.78 is 13.3. The molecule has 0 aliphatic heterocycles. The highest BCUT2D eigenvalue weighted by Gasteiger charge is 2.23. The van der Waals surface area contributed by atoms with Gasteiger partial charge < -0.3 is 15.7 Å². The molecule has 0 atom stereocenters. The van der Waals surface area contributed by atoms with Crippen molar-refractivity contribution in [1.29, 1.82) is 0 Å². The molecule has 3 rings (SSSR count). The molecule has 1 heterocycles. The Morgan fingerprint density at radius 3 is 2.56 bits per heavy atom. The summed E-state index contributed by atoms with van der Waals surface area (Å²) in [7, 11) is 0. The molecule has 0 unspecified atom stereocenters. The van der Waals surface area contributed by atoms with E-state index in [0.717, 1.165) is 25.0 Å². The Kier molecular flexibility index (Phi) is 5.43. The Balaban J connectivity index is 1.72. The third kappa shape index (κ3) is 4.66. The second-order valence-electron chi connectivity index (χ2n) is 6.35. The number of nitro benzene ring substituents is 1. The molecule has 1 fully saturated rings. The van der Waals surface area contributed by atoms with Gasteiger partial charge in [-0.25, -0.2) is 19.2 Å². The van der Waals surface area contributed by atoms with Gasteiger partial charge in [-0.1, -0.05) is 0 Å². The molecular formula is C17H18FN5O4. The Morgan fingerprint density at radius 1 is 1.19 bits per heavy atom. The van der Waals surface area contributed by atoms with Crippen LogP contribution in [0.4, 0.5) is 20.7 Å². The molecule has 3 N–H and O–H groups in total. The van der Waals surface area contributed by atoms with Crippen molar-refractivity contribution in [2.75, 3.05) is 5.32 Å². The Hall–Kier alpha value is -3.30. The minimum atomic E-state index is -1.02. The highest BCUT2D eigenvalue weighted by Crippen LogP contribution is 2.30. The Bertz CT molecular complexity index is 855. The number of nitrogens with zero attached hydrogens (tertiary/aromatic N) is 3. The van der Waals surface area contributed by atoms with Gasteiger partial charge in [-0.2, -0.15) is 0 Å². The third-order valence-electron chi connectivity index (χ3n) is 4.51. The normalized spacial score (nSPS) is 19.3. The zero-order valence-electron chi connectivity index (χ0n) is 14.3. The fraction of sp³-hybridized carbons (Fsp3) is 0.353. The smallest absolute Gasteiger partial charge is 0.404 e. The highest BCUT2D eigenvalue weighted by atomic mass is 19.1. The number of hydrogen-bond acceptors (Lipinski definition) is 6. The summed E-state index contributed by atoms with van der Waals surface area (Å²) in [6.45, 7) is 0. The van der Waals surface area contributed by atoms with Gasteiger partial charge in [-0.05, 0) is 37.8 Å². The van der Waals surface area contributed by atoms with Gasteiger partial charge in [0.1, 0.15) is 18.0 Å². The first-order chi connectivity index (χ1) is 12.9. The van der Waals surface area contributed by atoms with E-state index in [9.17, 15) is 19.3 Å². The minimum absolute atomic E-state index is 0.0524. The number of halogens is 1. The average Bonchev–Trinajstić information content (AvgIpc) is 2.63. The van der Waals surface area contributed by atoms with Crippen molar-refractivity contribution in [2.45, 2.75) is 37.8 Å². The molecule has 1 aromatic carbocycles. The number of anilines is 1. The molecule has 27 heavy (non-hydrogen) atoms. The minimum Gasteiger partial charge on any atom is -0.465 e. The van der Waals surface area contributed by atoms with E-state index in [1.165, 1.54) is 12.4 Å². The van der Waals surface area contributed by atoms with Crippen molar-refractivity contribution in [3.05, 3.63) is 46.5 Å². The van der Waals surface area contributed by atoms with Gasteiger partial charge >= 0.3 is 6.09 Å². The molecule has 142 valence electrons. The van der Waals surface area contributed by atoms with E-state index in [2.05, 4.69) is 20.6 Å². The molecule has 0 radical (unpaired) electrons. The largest absolute Gasteiger partial charge is 0.465 e. The fourth-order valence-corrected chi connectivity index (χ4v) is 3.22. The number of nitrogens with one attached hydrogen (secondary N) is 2. The summed E-state index contributed by atoms with van der Waals surface area (Å²) in [5.74, 6) is -0.183. The molecule has 0 bridgehead atoms. The van der Waals surface area contributed by atoms with Crippen molar-refractivity contribution in [1.82, 2.24) is 15.3 Å². The lowest BCUT2D eigenvalue weighted by Crippen LogP contribution is -2.39. The summed E-state index contributed by atoms with van der Waals surface area (Å²) in [5, 5.41) is 25.7. The lowest BCUT2D eigenvalue weighted by molar-refractivity contribution is -0.384. The van der Waals surface area contributed by atoms with Crippen LogP contribution in [0.25, 0.3) is 11.3 Å². The van der Waals surface area contributed by atoms with Crippen LogP contribution in [0.3, 0.4) is 0 Å². The van der Waals surface area contributed by atoms with Crippen LogP contribution in [-0.2, 0) is 0 Å². The topological polar surface area (TPSA) is 130 Å². The molecule has 0 saturated heterocycles. The van der Waals surface area contributed by atoms with Crippen LogP contribution in [0.15, 0.2) is 30.6 Å². The van der Waals surface area contributed by atoms with E-state index in [4.69, 9.17) is 5.11 Å². The molecule has 1 aliphatic rings. The Morgan fingerprint density at radius 2 is 1.89 bits per heavy atom. The summed E-state index contributed by atoms with van der Waals surface area (Å²) in [4.78, 5) is 29.4. The van der Waals surface area contributed by atoms with E-state index >= 15 is 0 Å². The molecule has 1 aliphatic carbocycles. The van der Waals surface area contributed by atoms with Gasteiger partial charge in [-0.15, -0.1) is 0 Å². The predicted molar refractivity (Wildman–Crippen MR) is 94.9 cm³/mol. The van der Waals surface area contributed by atoms with E-state index in [1.54, 1.807) is 6.07 Å². The molecule has 1 amide bonds. The number of carbonyl (C=O) groups is 1. The quantitative estimate of drug-likeness (QED) is 0.540. The van der Waals surface area contributed by atoms with Crippen LogP contribution in [0.5, 0.6) is 0 Å². The highest BCUT2D eigenvalue weighted by molar-refractivity contribution is 5.72. The zero-order chi connectivity index (χ0) is 19.4. The maximum Gasteiger partial charge on any atom is 0.404 e. The van der Waals surface area contributed by atoms with E-state index < -0.39 is 16.8 Å². The van der Waals surface area contributed by atoms with Crippen molar-refractivity contribution in [3.63, 3.8) is 0 Å². The van der Waals surface area contributed by atoms with Crippen LogP contribution < -0.4 is 10.6 Å². The zero-order valence-corrected chi connectivity index (χ0v) is 14.3. The number of amides is 1. The van der Waals surface area contributed by atoms with Gasteiger partial charge in [0.05, 0.1) is 22.2 Å². The Labute approximate surface area is 153 Å². The average molecular weight is 375 g/mol. The molecule has 0 spiro atoms. The molecule has 2 aromatic rings. The van der Waals surface area contributed by atoms with Crippen LogP contribution in [0, 0.1) is 15.9 Å². The molecule has 9 nitrogen and oxygen atoms in total. The number of benzene rings is 1. The summed E-state index contributed by atoms with van der Waals surface area (Å²) in [6.07, 6.45) is 3.23. The van der Waals surface area contributed by atoms with Gasteiger partial charge in [-0.3, -0.25) is 10.1 Å². The third-order valence-corrected chi connectivity index (χ3v) is 4.51. The SMILES string of the molecule is O=C(O)N[C@H]1CC[C@H](Nc2cc(-c3ccc(F)cc3[N+](=O)[O-])ncn2)CC1. The van der Waals surface area contributed by atoms with Crippen molar-refractivity contribution in [3.8, 4) is 11.3 Å². The number of rotatable bonds is 5. The maximum atomic E-state index is 13.3. The lowest BCUT2D eigenvalue weighted by Gasteiger charge is -2.29. The fourth-order valence-electron chi connectivity index (χ4n) is 3.22. The summed E-state index contributed by atoms with van der Waals surface area (Å²) in [5.41, 5.74) is 0.168. The molecule has 1 saturated carbocycles.